The molecule has 5 heteroatoms. The van der Waals surface area contributed by atoms with Gasteiger partial charge in [0.05, 0.1) is 12.2 Å². The van der Waals surface area contributed by atoms with E-state index in [9.17, 15) is 0 Å². The first-order valence-corrected chi connectivity index (χ1v) is 5.61. The summed E-state index contributed by atoms with van der Waals surface area (Å²) >= 11 is 4.98. The third kappa shape index (κ3) is 3.43. The first-order chi connectivity index (χ1) is 7.66. The Balaban J connectivity index is 2.74. The minimum atomic E-state index is 0.367. The molecule has 0 radical (unpaired) electrons. The largest absolute Gasteiger partial charge is 0.389 e. The van der Waals surface area contributed by atoms with Crippen LogP contribution >= 0.6 is 12.2 Å². The van der Waals surface area contributed by atoms with E-state index in [0.717, 1.165) is 24.5 Å². The van der Waals surface area contributed by atoms with Crippen LogP contribution in [-0.4, -0.2) is 36.8 Å². The number of rotatable bonds is 6. The lowest BCUT2D eigenvalue weighted by Crippen LogP contribution is -2.26. The van der Waals surface area contributed by atoms with Crippen molar-refractivity contribution in [3.8, 4) is 0 Å². The third-order valence-electron chi connectivity index (χ3n) is 2.19. The van der Waals surface area contributed by atoms with Crippen LogP contribution in [0.25, 0.3) is 0 Å². The van der Waals surface area contributed by atoms with Crippen LogP contribution < -0.4 is 10.6 Å². The van der Waals surface area contributed by atoms with Crippen molar-refractivity contribution in [1.29, 1.82) is 0 Å². The van der Waals surface area contributed by atoms with E-state index in [1.807, 2.05) is 31.0 Å². The molecule has 0 unspecified atom stereocenters. The molecule has 16 heavy (non-hydrogen) atoms. The standard InChI is InChI=1S/C11H17N3OS/c1-3-15-8-7-14(2)11-9(10(12)16)5-4-6-13-11/h4-6H,3,7-8H2,1-2H3,(H2,12,16). The molecule has 1 aromatic heterocycles. The Labute approximate surface area is 101 Å². The van der Waals surface area contributed by atoms with Gasteiger partial charge in [-0.05, 0) is 19.1 Å². The lowest BCUT2D eigenvalue weighted by molar-refractivity contribution is 0.154. The van der Waals surface area contributed by atoms with Gasteiger partial charge < -0.3 is 15.4 Å². The number of hydrogen-bond acceptors (Lipinski definition) is 4. The van der Waals surface area contributed by atoms with Crippen molar-refractivity contribution in [2.24, 2.45) is 5.73 Å². The minimum Gasteiger partial charge on any atom is -0.389 e. The van der Waals surface area contributed by atoms with E-state index in [-0.39, 0.29) is 0 Å². The number of nitrogens with zero attached hydrogens (tertiary/aromatic N) is 2. The Bertz CT molecular complexity index is 357. The number of hydrogen-bond donors (Lipinski definition) is 1. The van der Waals surface area contributed by atoms with Gasteiger partial charge in [-0.1, -0.05) is 12.2 Å². The molecule has 0 atom stereocenters. The molecule has 0 aromatic carbocycles. The van der Waals surface area contributed by atoms with Crippen molar-refractivity contribution in [3.05, 3.63) is 23.9 Å². The third-order valence-corrected chi connectivity index (χ3v) is 2.41. The molecule has 1 aromatic rings. The van der Waals surface area contributed by atoms with Crippen LogP contribution in [0.3, 0.4) is 0 Å². The van der Waals surface area contributed by atoms with Gasteiger partial charge in [-0.3, -0.25) is 0 Å². The first kappa shape index (κ1) is 12.9. The van der Waals surface area contributed by atoms with E-state index in [0.29, 0.717) is 11.6 Å². The van der Waals surface area contributed by atoms with Gasteiger partial charge in [0, 0.05) is 26.4 Å². The molecule has 88 valence electrons. The lowest BCUT2D eigenvalue weighted by atomic mass is 10.2. The molecule has 0 aliphatic rings. The Morgan fingerprint density at radius 3 is 3.00 bits per heavy atom. The topological polar surface area (TPSA) is 51.4 Å². The van der Waals surface area contributed by atoms with Gasteiger partial charge in [-0.25, -0.2) is 4.98 Å². The maximum absolute atomic E-state index is 5.64. The summed E-state index contributed by atoms with van der Waals surface area (Å²) in [5.41, 5.74) is 6.44. The van der Waals surface area contributed by atoms with E-state index in [2.05, 4.69) is 4.98 Å². The molecule has 4 nitrogen and oxygen atoms in total. The minimum absolute atomic E-state index is 0.367. The van der Waals surface area contributed by atoms with Gasteiger partial charge in [-0.15, -0.1) is 0 Å². The quantitative estimate of drug-likeness (QED) is 0.597. The van der Waals surface area contributed by atoms with Crippen LogP contribution in [0.1, 0.15) is 12.5 Å². The summed E-state index contributed by atoms with van der Waals surface area (Å²) in [4.78, 5) is 6.64. The van der Waals surface area contributed by atoms with Gasteiger partial charge >= 0.3 is 0 Å². The fraction of sp³-hybridized carbons (Fsp3) is 0.455. The number of nitrogens with two attached hydrogens (primary N) is 1. The Kier molecular flexibility index (Phi) is 5.14. The van der Waals surface area contributed by atoms with Gasteiger partial charge in [0.25, 0.3) is 0 Å². The maximum atomic E-state index is 5.64. The Morgan fingerprint density at radius 2 is 2.38 bits per heavy atom. The van der Waals surface area contributed by atoms with Crippen molar-refractivity contribution in [1.82, 2.24) is 4.98 Å². The Hall–Kier alpha value is -1.20. The molecule has 0 amide bonds. The molecular weight excluding hydrogens is 222 g/mol. The second-order valence-electron chi connectivity index (χ2n) is 3.36. The molecule has 0 spiro atoms. The summed E-state index contributed by atoms with van der Waals surface area (Å²) in [5, 5.41) is 0. The zero-order chi connectivity index (χ0) is 12.0. The number of ether oxygens (including phenoxy) is 1. The summed E-state index contributed by atoms with van der Waals surface area (Å²) in [6.07, 6.45) is 1.73. The van der Waals surface area contributed by atoms with Crippen LogP contribution in [0.4, 0.5) is 5.82 Å². The number of aromatic nitrogens is 1. The molecule has 2 N–H and O–H groups in total. The van der Waals surface area contributed by atoms with Gasteiger partial charge in [-0.2, -0.15) is 0 Å². The molecule has 0 saturated heterocycles. The summed E-state index contributed by atoms with van der Waals surface area (Å²) < 4.78 is 5.29. The summed E-state index contributed by atoms with van der Waals surface area (Å²) in [6.45, 7) is 4.13. The normalized spacial score (nSPS) is 10.1. The van der Waals surface area contributed by atoms with E-state index in [1.165, 1.54) is 0 Å². The average molecular weight is 239 g/mol. The second kappa shape index (κ2) is 6.40. The van der Waals surface area contributed by atoms with Gasteiger partial charge in [0.1, 0.15) is 10.8 Å². The molecule has 1 rings (SSSR count). The maximum Gasteiger partial charge on any atom is 0.138 e. The highest BCUT2D eigenvalue weighted by Gasteiger charge is 2.09. The van der Waals surface area contributed by atoms with E-state index in [1.54, 1.807) is 6.20 Å². The van der Waals surface area contributed by atoms with E-state index >= 15 is 0 Å². The van der Waals surface area contributed by atoms with Crippen LogP contribution in [0.15, 0.2) is 18.3 Å². The van der Waals surface area contributed by atoms with Crippen molar-refractivity contribution in [2.45, 2.75) is 6.92 Å². The van der Waals surface area contributed by atoms with Crippen LogP contribution in [0.5, 0.6) is 0 Å². The summed E-state index contributed by atoms with van der Waals surface area (Å²) in [5.74, 6) is 0.801. The molecule has 0 bridgehead atoms. The predicted octanol–water partition coefficient (Wildman–Crippen LogP) is 1.19. The zero-order valence-corrected chi connectivity index (χ0v) is 10.5. The predicted molar refractivity (Wildman–Crippen MR) is 69.9 cm³/mol. The number of anilines is 1. The zero-order valence-electron chi connectivity index (χ0n) is 9.64. The smallest absolute Gasteiger partial charge is 0.138 e. The number of thiocarbonyl (C=S) groups is 1. The highest BCUT2D eigenvalue weighted by molar-refractivity contribution is 7.80. The van der Waals surface area contributed by atoms with E-state index in [4.69, 9.17) is 22.7 Å². The fourth-order valence-corrected chi connectivity index (χ4v) is 1.50. The molecule has 0 saturated carbocycles. The van der Waals surface area contributed by atoms with Crippen LogP contribution in [0, 0.1) is 0 Å². The van der Waals surface area contributed by atoms with Crippen LogP contribution in [-0.2, 0) is 4.74 Å². The number of pyridine rings is 1. The fourth-order valence-electron chi connectivity index (χ4n) is 1.35. The van der Waals surface area contributed by atoms with Crippen molar-refractivity contribution in [2.75, 3.05) is 31.7 Å². The van der Waals surface area contributed by atoms with Crippen molar-refractivity contribution in [3.63, 3.8) is 0 Å². The monoisotopic (exact) mass is 239 g/mol. The SMILES string of the molecule is CCOCCN(C)c1ncccc1C(N)=S. The molecule has 0 aliphatic carbocycles. The second-order valence-corrected chi connectivity index (χ2v) is 3.80. The van der Waals surface area contributed by atoms with Crippen molar-refractivity contribution < 1.29 is 4.74 Å². The molecular formula is C11H17N3OS. The highest BCUT2D eigenvalue weighted by Crippen LogP contribution is 2.15. The van der Waals surface area contributed by atoms with Crippen LogP contribution in [0.2, 0.25) is 0 Å². The lowest BCUT2D eigenvalue weighted by Gasteiger charge is -2.20. The molecule has 0 aliphatic heterocycles. The van der Waals surface area contributed by atoms with E-state index < -0.39 is 0 Å². The molecule has 0 fully saturated rings. The summed E-state index contributed by atoms with van der Waals surface area (Å²) in [6, 6.07) is 3.70. The van der Waals surface area contributed by atoms with Gasteiger partial charge in [0.2, 0.25) is 0 Å². The Morgan fingerprint density at radius 1 is 1.62 bits per heavy atom. The van der Waals surface area contributed by atoms with Gasteiger partial charge in [0.15, 0.2) is 0 Å². The molecule has 1 heterocycles. The summed E-state index contributed by atoms with van der Waals surface area (Å²) in [7, 11) is 1.95. The first-order valence-electron chi connectivity index (χ1n) is 5.20. The average Bonchev–Trinajstić information content (AvgIpc) is 2.29. The highest BCUT2D eigenvalue weighted by atomic mass is 32.1. The number of likely N-dealkylation sites (N-methyl/N-ethyl adjacent to an activating group) is 1. The van der Waals surface area contributed by atoms with Crippen molar-refractivity contribution >= 4 is 23.0 Å².